The molecule has 0 unspecified atom stereocenters. The summed E-state index contributed by atoms with van der Waals surface area (Å²) in [6.07, 6.45) is 2.00. The van der Waals surface area contributed by atoms with Crippen LogP contribution in [0.4, 0.5) is 11.5 Å². The summed E-state index contributed by atoms with van der Waals surface area (Å²) in [6, 6.07) is 1.40. The standard InChI is InChI=1S/C11H16N4O3/c1-3-5-13-10-6-8(11(16)12-4-2)9(7-14-10)15(17)18/h6-7H,3-5H2,1-2H3,(H,12,16)(H,13,14). The number of pyridine rings is 1. The van der Waals surface area contributed by atoms with E-state index in [0.717, 1.165) is 12.6 Å². The van der Waals surface area contributed by atoms with Gasteiger partial charge in [-0.05, 0) is 13.3 Å². The second-order valence-corrected chi connectivity index (χ2v) is 3.63. The van der Waals surface area contributed by atoms with E-state index in [9.17, 15) is 14.9 Å². The van der Waals surface area contributed by atoms with Gasteiger partial charge in [0.05, 0.1) is 4.92 Å². The van der Waals surface area contributed by atoms with Gasteiger partial charge in [-0.25, -0.2) is 4.98 Å². The minimum atomic E-state index is -0.610. The normalized spacial score (nSPS) is 9.89. The van der Waals surface area contributed by atoms with Crippen LogP contribution in [0.3, 0.4) is 0 Å². The first-order valence-corrected chi connectivity index (χ1v) is 5.76. The molecule has 0 aromatic carbocycles. The summed E-state index contributed by atoms with van der Waals surface area (Å²) in [5.74, 6) is -0.00477. The van der Waals surface area contributed by atoms with E-state index in [4.69, 9.17) is 0 Å². The van der Waals surface area contributed by atoms with Gasteiger partial charge in [0.1, 0.15) is 17.6 Å². The first-order valence-electron chi connectivity index (χ1n) is 5.76. The van der Waals surface area contributed by atoms with E-state index in [1.165, 1.54) is 6.07 Å². The Bertz CT molecular complexity index is 448. The second kappa shape index (κ2) is 6.53. The van der Waals surface area contributed by atoms with E-state index in [-0.39, 0.29) is 11.3 Å². The minimum absolute atomic E-state index is 0.0236. The highest BCUT2D eigenvalue weighted by Crippen LogP contribution is 2.20. The summed E-state index contributed by atoms with van der Waals surface area (Å²) in [4.78, 5) is 25.8. The summed E-state index contributed by atoms with van der Waals surface area (Å²) in [5, 5.41) is 16.3. The maximum atomic E-state index is 11.7. The van der Waals surface area contributed by atoms with Crippen LogP contribution in [0.15, 0.2) is 12.3 Å². The van der Waals surface area contributed by atoms with Gasteiger partial charge in [-0.2, -0.15) is 0 Å². The molecule has 98 valence electrons. The number of hydrogen-bond donors (Lipinski definition) is 2. The molecular weight excluding hydrogens is 236 g/mol. The van der Waals surface area contributed by atoms with Gasteiger partial charge >= 0.3 is 0 Å². The zero-order chi connectivity index (χ0) is 13.5. The highest BCUT2D eigenvalue weighted by Gasteiger charge is 2.20. The maximum absolute atomic E-state index is 11.7. The van der Waals surface area contributed by atoms with E-state index in [0.29, 0.717) is 18.9 Å². The number of hydrogen-bond acceptors (Lipinski definition) is 5. The van der Waals surface area contributed by atoms with Crippen molar-refractivity contribution in [3.05, 3.63) is 27.9 Å². The van der Waals surface area contributed by atoms with Gasteiger partial charge in [0, 0.05) is 19.2 Å². The summed E-state index contributed by atoms with van der Waals surface area (Å²) in [6.45, 7) is 4.85. The number of rotatable bonds is 6. The molecule has 0 aliphatic heterocycles. The summed E-state index contributed by atoms with van der Waals surface area (Å²) in [7, 11) is 0. The monoisotopic (exact) mass is 252 g/mol. The summed E-state index contributed by atoms with van der Waals surface area (Å²) in [5.41, 5.74) is -0.265. The molecule has 0 saturated heterocycles. The molecule has 1 aromatic heterocycles. The van der Waals surface area contributed by atoms with Crippen molar-refractivity contribution in [2.45, 2.75) is 20.3 Å². The molecule has 1 heterocycles. The molecule has 0 spiro atoms. The van der Waals surface area contributed by atoms with Gasteiger partial charge in [-0.1, -0.05) is 6.92 Å². The van der Waals surface area contributed by atoms with Gasteiger partial charge < -0.3 is 10.6 Å². The van der Waals surface area contributed by atoms with Gasteiger partial charge in [-0.3, -0.25) is 14.9 Å². The van der Waals surface area contributed by atoms with Crippen LogP contribution in [0.5, 0.6) is 0 Å². The lowest BCUT2D eigenvalue weighted by atomic mass is 10.2. The fourth-order valence-electron chi connectivity index (χ4n) is 1.38. The number of carbonyl (C=O) groups is 1. The molecule has 0 bridgehead atoms. The third-order valence-corrected chi connectivity index (χ3v) is 2.22. The van der Waals surface area contributed by atoms with Crippen molar-refractivity contribution in [2.75, 3.05) is 18.4 Å². The highest BCUT2D eigenvalue weighted by molar-refractivity contribution is 5.98. The summed E-state index contributed by atoms with van der Waals surface area (Å²) < 4.78 is 0. The van der Waals surface area contributed by atoms with E-state index in [1.807, 2.05) is 6.92 Å². The van der Waals surface area contributed by atoms with E-state index < -0.39 is 10.8 Å². The highest BCUT2D eigenvalue weighted by atomic mass is 16.6. The molecule has 0 radical (unpaired) electrons. The first kappa shape index (κ1) is 13.9. The third-order valence-electron chi connectivity index (χ3n) is 2.22. The molecule has 1 amide bonds. The van der Waals surface area contributed by atoms with Gasteiger partial charge in [0.2, 0.25) is 0 Å². The van der Waals surface area contributed by atoms with Crippen LogP contribution in [0.1, 0.15) is 30.6 Å². The number of carbonyl (C=O) groups excluding carboxylic acids is 1. The van der Waals surface area contributed by atoms with Crippen molar-refractivity contribution < 1.29 is 9.72 Å². The number of nitrogens with one attached hydrogen (secondary N) is 2. The maximum Gasteiger partial charge on any atom is 0.300 e. The molecule has 1 rings (SSSR count). The molecule has 18 heavy (non-hydrogen) atoms. The van der Waals surface area contributed by atoms with Crippen LogP contribution in [-0.4, -0.2) is 28.9 Å². The lowest BCUT2D eigenvalue weighted by Gasteiger charge is -2.07. The number of amides is 1. The topological polar surface area (TPSA) is 97.2 Å². The third kappa shape index (κ3) is 3.41. The molecule has 0 fully saturated rings. The molecule has 7 heteroatoms. The minimum Gasteiger partial charge on any atom is -0.370 e. The van der Waals surface area contributed by atoms with Crippen LogP contribution < -0.4 is 10.6 Å². The van der Waals surface area contributed by atoms with Crippen molar-refractivity contribution >= 4 is 17.4 Å². The van der Waals surface area contributed by atoms with Gasteiger partial charge in [0.15, 0.2) is 0 Å². The van der Waals surface area contributed by atoms with Crippen LogP contribution in [-0.2, 0) is 0 Å². The Labute approximate surface area is 105 Å². The van der Waals surface area contributed by atoms with Crippen LogP contribution in [0.2, 0.25) is 0 Å². The van der Waals surface area contributed by atoms with Crippen LogP contribution in [0.25, 0.3) is 0 Å². The molecule has 0 aliphatic carbocycles. The SMILES string of the molecule is CCCNc1cc(C(=O)NCC)c([N+](=O)[O-])cn1. The fourth-order valence-corrected chi connectivity index (χ4v) is 1.38. The fraction of sp³-hybridized carbons (Fsp3) is 0.455. The lowest BCUT2D eigenvalue weighted by Crippen LogP contribution is -2.24. The number of anilines is 1. The molecule has 0 saturated carbocycles. The Morgan fingerprint density at radius 3 is 2.78 bits per heavy atom. The zero-order valence-electron chi connectivity index (χ0n) is 10.4. The first-order chi connectivity index (χ1) is 8.60. The van der Waals surface area contributed by atoms with E-state index >= 15 is 0 Å². The lowest BCUT2D eigenvalue weighted by molar-refractivity contribution is -0.385. The Balaban J connectivity index is 3.07. The largest absolute Gasteiger partial charge is 0.370 e. The average molecular weight is 252 g/mol. The average Bonchev–Trinajstić information content (AvgIpc) is 2.36. The number of nitro groups is 1. The summed E-state index contributed by atoms with van der Waals surface area (Å²) >= 11 is 0. The molecule has 1 aromatic rings. The Hall–Kier alpha value is -2.18. The molecule has 0 aliphatic rings. The van der Waals surface area contributed by atoms with Gasteiger partial charge in [0.25, 0.3) is 11.6 Å². The predicted molar refractivity (Wildman–Crippen MR) is 67.7 cm³/mol. The number of aromatic nitrogens is 1. The quantitative estimate of drug-likeness (QED) is 0.591. The molecule has 7 nitrogen and oxygen atoms in total. The smallest absolute Gasteiger partial charge is 0.300 e. The Morgan fingerprint density at radius 1 is 1.50 bits per heavy atom. The molecular formula is C11H16N4O3. The van der Waals surface area contributed by atoms with Crippen molar-refractivity contribution in [2.24, 2.45) is 0 Å². The number of nitrogens with zero attached hydrogens (tertiary/aromatic N) is 2. The second-order valence-electron chi connectivity index (χ2n) is 3.63. The van der Waals surface area contributed by atoms with Crippen molar-refractivity contribution in [3.8, 4) is 0 Å². The van der Waals surface area contributed by atoms with E-state index in [1.54, 1.807) is 6.92 Å². The zero-order valence-corrected chi connectivity index (χ0v) is 10.4. The van der Waals surface area contributed by atoms with E-state index in [2.05, 4.69) is 15.6 Å². The van der Waals surface area contributed by atoms with Crippen molar-refractivity contribution in [3.63, 3.8) is 0 Å². The predicted octanol–water partition coefficient (Wildman–Crippen LogP) is 1.56. The Kier molecular flexibility index (Phi) is 5.04. The van der Waals surface area contributed by atoms with Gasteiger partial charge in [-0.15, -0.1) is 0 Å². The van der Waals surface area contributed by atoms with Crippen molar-refractivity contribution in [1.82, 2.24) is 10.3 Å². The Morgan fingerprint density at radius 2 is 2.22 bits per heavy atom. The molecule has 2 N–H and O–H groups in total. The van der Waals surface area contributed by atoms with Crippen LogP contribution >= 0.6 is 0 Å². The van der Waals surface area contributed by atoms with Crippen LogP contribution in [0, 0.1) is 10.1 Å². The van der Waals surface area contributed by atoms with Crippen molar-refractivity contribution in [1.29, 1.82) is 0 Å². The molecule has 0 atom stereocenters.